The Kier molecular flexibility index (Phi) is 3.61. The van der Waals surface area contributed by atoms with E-state index in [1.165, 1.54) is 16.7 Å². The predicted octanol–water partition coefficient (Wildman–Crippen LogP) is 4.38. The van der Waals surface area contributed by atoms with Crippen LogP contribution in [-0.4, -0.2) is 11.7 Å². The number of rotatable bonds is 4. The van der Waals surface area contributed by atoms with E-state index in [0.29, 0.717) is 5.76 Å². The third kappa shape index (κ3) is 2.69. The summed E-state index contributed by atoms with van der Waals surface area (Å²) in [5.74, 6) is 1.64. The van der Waals surface area contributed by atoms with Crippen molar-refractivity contribution in [3.05, 3.63) is 64.9 Å². The Morgan fingerprint density at radius 2 is 1.75 bits per heavy atom. The topological polar surface area (TPSA) is 42.6 Å². The van der Waals surface area contributed by atoms with Gasteiger partial charge in [-0.3, -0.25) is 0 Å². The fourth-order valence-corrected chi connectivity index (χ4v) is 3.38. The molecule has 2 heterocycles. The quantitative estimate of drug-likeness (QED) is 0.775. The van der Waals surface area contributed by atoms with Crippen molar-refractivity contribution < 1.29 is 14.3 Å². The molecule has 0 radical (unpaired) electrons. The van der Waals surface area contributed by atoms with Crippen molar-refractivity contribution in [2.75, 3.05) is 6.61 Å². The van der Waals surface area contributed by atoms with Gasteiger partial charge >= 0.3 is 0 Å². The molecular formula is C21H22O3. The highest BCUT2D eigenvalue weighted by atomic mass is 16.5. The molecule has 1 aliphatic rings. The number of aliphatic hydroxyl groups is 1. The standard InChI is InChI=1S/C21H22O3/c1-21(2)13-23-19-8-6-14(9-18(19)21)3-4-15-5-7-16-11-17(12-22)24-20(16)10-15/h5-11,22H,3-4,12-13H2,1-2H3. The van der Waals surface area contributed by atoms with Crippen LogP contribution in [0, 0.1) is 0 Å². The van der Waals surface area contributed by atoms with Gasteiger partial charge in [0.15, 0.2) is 0 Å². The first-order valence-corrected chi connectivity index (χ1v) is 8.43. The smallest absolute Gasteiger partial charge is 0.134 e. The second kappa shape index (κ2) is 5.67. The van der Waals surface area contributed by atoms with Gasteiger partial charge in [0.1, 0.15) is 23.7 Å². The van der Waals surface area contributed by atoms with Gasteiger partial charge in [-0.05, 0) is 42.2 Å². The van der Waals surface area contributed by atoms with Gasteiger partial charge in [-0.1, -0.05) is 38.1 Å². The highest BCUT2D eigenvalue weighted by Crippen LogP contribution is 2.38. The third-order valence-corrected chi connectivity index (χ3v) is 4.86. The lowest BCUT2D eigenvalue weighted by molar-refractivity contribution is 0.251. The van der Waals surface area contributed by atoms with Crippen LogP contribution < -0.4 is 4.74 Å². The molecule has 1 aromatic heterocycles. The Hall–Kier alpha value is -2.26. The molecule has 3 aromatic rings. The van der Waals surface area contributed by atoms with Crippen molar-refractivity contribution in [3.8, 4) is 5.75 Å². The molecule has 0 saturated heterocycles. The van der Waals surface area contributed by atoms with Crippen LogP contribution in [0.15, 0.2) is 46.9 Å². The van der Waals surface area contributed by atoms with Crippen molar-refractivity contribution in [2.45, 2.75) is 38.7 Å². The number of ether oxygens (including phenoxy) is 1. The number of fused-ring (bicyclic) bond motifs is 2. The highest BCUT2D eigenvalue weighted by molar-refractivity contribution is 5.78. The lowest BCUT2D eigenvalue weighted by atomic mass is 9.85. The van der Waals surface area contributed by atoms with E-state index in [1.54, 1.807) is 0 Å². The van der Waals surface area contributed by atoms with E-state index in [9.17, 15) is 5.11 Å². The molecule has 1 aliphatic heterocycles. The Morgan fingerprint density at radius 1 is 1.00 bits per heavy atom. The monoisotopic (exact) mass is 322 g/mol. The van der Waals surface area contributed by atoms with E-state index in [2.05, 4.69) is 50.2 Å². The molecule has 0 saturated carbocycles. The molecular weight excluding hydrogens is 300 g/mol. The number of aryl methyl sites for hydroxylation is 2. The Morgan fingerprint density at radius 3 is 2.54 bits per heavy atom. The number of hydrogen-bond acceptors (Lipinski definition) is 3. The first-order chi connectivity index (χ1) is 11.5. The zero-order chi connectivity index (χ0) is 16.7. The molecule has 0 fully saturated rings. The highest BCUT2D eigenvalue weighted by Gasteiger charge is 2.31. The minimum Gasteiger partial charge on any atom is -0.492 e. The maximum atomic E-state index is 9.18. The fraction of sp³-hybridized carbons (Fsp3) is 0.333. The average molecular weight is 322 g/mol. The van der Waals surface area contributed by atoms with Gasteiger partial charge in [-0.15, -0.1) is 0 Å². The summed E-state index contributed by atoms with van der Waals surface area (Å²) in [6.45, 7) is 5.16. The lowest BCUT2D eigenvalue weighted by Gasteiger charge is -2.15. The minimum absolute atomic E-state index is 0.0585. The van der Waals surface area contributed by atoms with Gasteiger partial charge in [0.05, 0.1) is 6.61 Å². The van der Waals surface area contributed by atoms with E-state index < -0.39 is 0 Å². The van der Waals surface area contributed by atoms with Crippen LogP contribution in [0.4, 0.5) is 0 Å². The van der Waals surface area contributed by atoms with E-state index >= 15 is 0 Å². The van der Waals surface area contributed by atoms with E-state index in [4.69, 9.17) is 9.15 Å². The SMILES string of the molecule is CC1(C)COc2ccc(CCc3ccc4cc(CO)oc4c3)cc21. The summed E-state index contributed by atoms with van der Waals surface area (Å²) in [4.78, 5) is 0. The molecule has 4 rings (SSSR count). The average Bonchev–Trinajstić information content (AvgIpc) is 3.13. The molecule has 3 nitrogen and oxygen atoms in total. The molecule has 124 valence electrons. The van der Waals surface area contributed by atoms with Gasteiger partial charge in [0.25, 0.3) is 0 Å². The van der Waals surface area contributed by atoms with Gasteiger partial charge < -0.3 is 14.3 Å². The summed E-state index contributed by atoms with van der Waals surface area (Å²) >= 11 is 0. The summed E-state index contributed by atoms with van der Waals surface area (Å²) in [5.41, 5.74) is 4.84. The predicted molar refractivity (Wildman–Crippen MR) is 94.5 cm³/mol. The molecule has 3 heteroatoms. The number of hydrogen-bond donors (Lipinski definition) is 1. The summed E-state index contributed by atoms with van der Waals surface area (Å²) < 4.78 is 11.4. The van der Waals surface area contributed by atoms with E-state index in [0.717, 1.165) is 36.2 Å². The molecule has 0 atom stereocenters. The lowest BCUT2D eigenvalue weighted by Crippen LogP contribution is -2.18. The summed E-state index contributed by atoms with van der Waals surface area (Å²) in [6, 6.07) is 14.7. The summed E-state index contributed by atoms with van der Waals surface area (Å²) in [7, 11) is 0. The van der Waals surface area contributed by atoms with Crippen LogP contribution >= 0.6 is 0 Å². The van der Waals surface area contributed by atoms with Crippen molar-refractivity contribution in [2.24, 2.45) is 0 Å². The second-order valence-electron chi connectivity index (χ2n) is 7.25. The van der Waals surface area contributed by atoms with Crippen LogP contribution in [0.2, 0.25) is 0 Å². The largest absolute Gasteiger partial charge is 0.492 e. The summed E-state index contributed by atoms with van der Waals surface area (Å²) in [5, 5.41) is 10.2. The molecule has 24 heavy (non-hydrogen) atoms. The molecule has 1 N–H and O–H groups in total. The molecule has 0 amide bonds. The van der Waals surface area contributed by atoms with Gasteiger partial charge in [-0.25, -0.2) is 0 Å². The molecule has 0 unspecified atom stereocenters. The maximum absolute atomic E-state index is 9.18. The second-order valence-corrected chi connectivity index (χ2v) is 7.25. The first kappa shape index (κ1) is 15.3. The van der Waals surface area contributed by atoms with Crippen molar-refractivity contribution in [1.29, 1.82) is 0 Å². The van der Waals surface area contributed by atoms with Crippen molar-refractivity contribution in [3.63, 3.8) is 0 Å². The van der Waals surface area contributed by atoms with Gasteiger partial charge in [0.2, 0.25) is 0 Å². The van der Waals surface area contributed by atoms with Crippen LogP contribution in [0.5, 0.6) is 5.75 Å². The zero-order valence-electron chi connectivity index (χ0n) is 14.1. The molecule has 0 aliphatic carbocycles. The maximum Gasteiger partial charge on any atom is 0.134 e. The Balaban J connectivity index is 1.53. The van der Waals surface area contributed by atoms with E-state index in [1.807, 2.05) is 6.07 Å². The third-order valence-electron chi connectivity index (χ3n) is 4.86. The zero-order valence-corrected chi connectivity index (χ0v) is 14.1. The fourth-order valence-electron chi connectivity index (χ4n) is 3.38. The number of furan rings is 1. The summed E-state index contributed by atoms with van der Waals surface area (Å²) in [6.07, 6.45) is 1.95. The van der Waals surface area contributed by atoms with Crippen LogP contribution in [0.1, 0.15) is 36.3 Å². The van der Waals surface area contributed by atoms with Gasteiger partial charge in [0, 0.05) is 16.4 Å². The normalized spacial score (nSPS) is 15.5. The van der Waals surface area contributed by atoms with Crippen LogP contribution in [0.25, 0.3) is 11.0 Å². The molecule has 2 aromatic carbocycles. The van der Waals surface area contributed by atoms with Crippen LogP contribution in [-0.2, 0) is 24.9 Å². The Bertz CT molecular complexity index is 889. The minimum atomic E-state index is -0.0585. The van der Waals surface area contributed by atoms with Gasteiger partial charge in [-0.2, -0.15) is 0 Å². The number of aliphatic hydroxyl groups excluding tert-OH is 1. The van der Waals surface area contributed by atoms with E-state index in [-0.39, 0.29) is 12.0 Å². The van der Waals surface area contributed by atoms with Crippen molar-refractivity contribution in [1.82, 2.24) is 0 Å². The number of benzene rings is 2. The van der Waals surface area contributed by atoms with Crippen molar-refractivity contribution >= 4 is 11.0 Å². The molecule has 0 bridgehead atoms. The molecule has 0 spiro atoms. The first-order valence-electron chi connectivity index (χ1n) is 8.43. The Labute approximate surface area is 141 Å². The van der Waals surface area contributed by atoms with Crippen LogP contribution in [0.3, 0.4) is 0 Å².